The molecule has 0 heterocycles. The SMILES string of the molecule is CC(C)CCC[C@@H](C)[C@H]1CC[C@H]2[C@@H]3CC=C4C[C@@](O)(S(C)(=O)=O)CC[C@]4(C)[C@H]3CC[C@]12C. The number of sulfone groups is 1. The average Bonchev–Trinajstić information content (AvgIpc) is 3.04. The highest BCUT2D eigenvalue weighted by Gasteiger charge is 2.60. The lowest BCUT2D eigenvalue weighted by Crippen LogP contribution is -2.53. The van der Waals surface area contributed by atoms with Crippen molar-refractivity contribution >= 4 is 9.84 Å². The van der Waals surface area contributed by atoms with Gasteiger partial charge in [0.25, 0.3) is 0 Å². The Morgan fingerprint density at radius 3 is 2.41 bits per heavy atom. The zero-order chi connectivity index (χ0) is 23.5. The number of hydrogen-bond donors (Lipinski definition) is 1. The highest BCUT2D eigenvalue weighted by Crippen LogP contribution is 2.68. The largest absolute Gasteiger partial charge is 0.374 e. The number of rotatable bonds is 6. The first-order chi connectivity index (χ1) is 14.8. The Kier molecular flexibility index (Phi) is 6.50. The first kappa shape index (κ1) is 24.8. The fraction of sp³-hybridized carbons (Fsp3) is 0.929. The van der Waals surface area contributed by atoms with Gasteiger partial charge >= 0.3 is 0 Å². The molecule has 3 nitrogen and oxygen atoms in total. The van der Waals surface area contributed by atoms with E-state index < -0.39 is 14.8 Å². The van der Waals surface area contributed by atoms with Gasteiger partial charge in [0, 0.05) is 12.7 Å². The maximum atomic E-state index is 12.3. The van der Waals surface area contributed by atoms with E-state index in [0.29, 0.717) is 24.2 Å². The van der Waals surface area contributed by atoms with E-state index in [1.165, 1.54) is 56.8 Å². The van der Waals surface area contributed by atoms with Crippen LogP contribution in [-0.4, -0.2) is 24.7 Å². The second-order valence-electron chi connectivity index (χ2n) is 13.2. The summed E-state index contributed by atoms with van der Waals surface area (Å²) in [7, 11) is -3.47. The van der Waals surface area contributed by atoms with Crippen LogP contribution in [0.1, 0.15) is 105 Å². The van der Waals surface area contributed by atoms with Crippen LogP contribution < -0.4 is 0 Å². The van der Waals surface area contributed by atoms with Crippen LogP contribution in [0.4, 0.5) is 0 Å². The molecule has 0 aromatic rings. The lowest BCUT2D eigenvalue weighted by Gasteiger charge is -2.59. The molecule has 32 heavy (non-hydrogen) atoms. The molecule has 184 valence electrons. The van der Waals surface area contributed by atoms with E-state index in [1.807, 2.05) is 0 Å². The van der Waals surface area contributed by atoms with Gasteiger partial charge in [-0.3, -0.25) is 0 Å². The second kappa shape index (κ2) is 8.40. The lowest BCUT2D eigenvalue weighted by atomic mass is 9.47. The monoisotopic (exact) mass is 464 g/mol. The Hall–Kier alpha value is -0.350. The predicted molar refractivity (Wildman–Crippen MR) is 133 cm³/mol. The molecule has 3 saturated carbocycles. The molecule has 0 bridgehead atoms. The van der Waals surface area contributed by atoms with Crippen LogP contribution in [0, 0.1) is 46.3 Å². The zero-order valence-electron chi connectivity index (χ0n) is 21.5. The Labute approximate surface area is 197 Å². The Balaban J connectivity index is 1.52. The summed E-state index contributed by atoms with van der Waals surface area (Å²) in [6.45, 7) is 12.2. The van der Waals surface area contributed by atoms with E-state index >= 15 is 0 Å². The van der Waals surface area contributed by atoms with Crippen molar-refractivity contribution in [2.75, 3.05) is 6.26 Å². The Morgan fingerprint density at radius 1 is 1.03 bits per heavy atom. The van der Waals surface area contributed by atoms with Crippen molar-refractivity contribution in [1.29, 1.82) is 0 Å². The van der Waals surface area contributed by atoms with Gasteiger partial charge in [-0.15, -0.1) is 0 Å². The first-order valence-electron chi connectivity index (χ1n) is 13.4. The van der Waals surface area contributed by atoms with Crippen LogP contribution in [0.15, 0.2) is 11.6 Å². The van der Waals surface area contributed by atoms with Crippen LogP contribution >= 0.6 is 0 Å². The second-order valence-corrected chi connectivity index (χ2v) is 15.5. The molecule has 4 aliphatic rings. The highest BCUT2D eigenvalue weighted by atomic mass is 32.2. The van der Waals surface area contributed by atoms with Crippen molar-refractivity contribution in [3.05, 3.63) is 11.6 Å². The van der Waals surface area contributed by atoms with Gasteiger partial charge in [-0.05, 0) is 91.3 Å². The van der Waals surface area contributed by atoms with Crippen LogP contribution in [0.25, 0.3) is 0 Å². The van der Waals surface area contributed by atoms with Crippen LogP contribution in [-0.2, 0) is 9.84 Å². The van der Waals surface area contributed by atoms with Crippen LogP contribution in [0.3, 0.4) is 0 Å². The summed E-state index contributed by atoms with van der Waals surface area (Å²) in [6, 6.07) is 0. The average molecular weight is 465 g/mol. The maximum absolute atomic E-state index is 12.3. The fourth-order valence-electron chi connectivity index (χ4n) is 8.96. The Bertz CT molecular complexity index is 845. The predicted octanol–water partition coefficient (Wildman–Crippen LogP) is 6.76. The summed E-state index contributed by atoms with van der Waals surface area (Å²) in [5.74, 6) is 4.69. The van der Waals surface area contributed by atoms with Crippen molar-refractivity contribution in [2.24, 2.45) is 46.3 Å². The Morgan fingerprint density at radius 2 is 1.75 bits per heavy atom. The molecule has 0 unspecified atom stereocenters. The number of hydrogen-bond acceptors (Lipinski definition) is 3. The van der Waals surface area contributed by atoms with Gasteiger partial charge in [-0.1, -0.05) is 65.5 Å². The highest BCUT2D eigenvalue weighted by molar-refractivity contribution is 7.91. The van der Waals surface area contributed by atoms with Crippen molar-refractivity contribution in [3.8, 4) is 0 Å². The quantitative estimate of drug-likeness (QED) is 0.442. The molecule has 8 atom stereocenters. The van der Waals surface area contributed by atoms with Crippen LogP contribution in [0.5, 0.6) is 0 Å². The van der Waals surface area contributed by atoms with Gasteiger partial charge in [0.15, 0.2) is 14.8 Å². The van der Waals surface area contributed by atoms with Gasteiger partial charge in [-0.2, -0.15) is 0 Å². The topological polar surface area (TPSA) is 54.4 Å². The molecular weight excluding hydrogens is 416 g/mol. The maximum Gasteiger partial charge on any atom is 0.177 e. The van der Waals surface area contributed by atoms with E-state index in [1.54, 1.807) is 0 Å². The van der Waals surface area contributed by atoms with Crippen LogP contribution in [0.2, 0.25) is 0 Å². The molecule has 0 aromatic heterocycles. The van der Waals surface area contributed by atoms with E-state index in [4.69, 9.17) is 0 Å². The van der Waals surface area contributed by atoms with Gasteiger partial charge in [0.1, 0.15) is 0 Å². The van der Waals surface area contributed by atoms with Crippen molar-refractivity contribution in [3.63, 3.8) is 0 Å². The first-order valence-corrected chi connectivity index (χ1v) is 15.3. The molecule has 4 heteroatoms. The molecular formula is C28H48O3S. The standard InChI is InChI=1S/C28H48O3S/c1-19(2)8-7-9-20(3)23-12-13-24-22-11-10-21-18-28(29,32(6,30)31)17-16-26(21,4)25(22)14-15-27(23,24)5/h10,19-20,22-25,29H,7-9,11-18H2,1-6H3/t20-,22+,23-,24+,25+,26+,27-,28+/m1/s1. The molecule has 0 amide bonds. The van der Waals surface area contributed by atoms with Gasteiger partial charge < -0.3 is 5.11 Å². The number of fused-ring (bicyclic) bond motifs is 5. The van der Waals surface area contributed by atoms with Crippen molar-refractivity contribution in [1.82, 2.24) is 0 Å². The molecule has 0 spiro atoms. The van der Waals surface area contributed by atoms with Gasteiger partial charge in [-0.25, -0.2) is 8.42 Å². The van der Waals surface area contributed by atoms with Crippen molar-refractivity contribution in [2.45, 2.75) is 110 Å². The fourth-order valence-corrected chi connectivity index (χ4v) is 9.85. The molecule has 0 aromatic carbocycles. The summed E-state index contributed by atoms with van der Waals surface area (Å²) >= 11 is 0. The van der Waals surface area contributed by atoms with E-state index in [2.05, 4.69) is 40.7 Å². The molecule has 0 radical (unpaired) electrons. The summed E-state index contributed by atoms with van der Waals surface area (Å²) in [5, 5.41) is 10.9. The third-order valence-electron chi connectivity index (χ3n) is 11.0. The summed E-state index contributed by atoms with van der Waals surface area (Å²) in [5.41, 5.74) is 1.78. The molecule has 4 rings (SSSR count). The van der Waals surface area contributed by atoms with E-state index in [0.717, 1.165) is 42.4 Å². The van der Waals surface area contributed by atoms with Gasteiger partial charge in [0.05, 0.1) is 0 Å². The molecule has 3 fully saturated rings. The third kappa shape index (κ3) is 3.93. The van der Waals surface area contributed by atoms with Crippen molar-refractivity contribution < 1.29 is 13.5 Å². The molecule has 0 saturated heterocycles. The lowest BCUT2D eigenvalue weighted by molar-refractivity contribution is -0.0611. The molecule has 1 N–H and O–H groups in total. The van der Waals surface area contributed by atoms with E-state index in [-0.39, 0.29) is 5.41 Å². The summed E-state index contributed by atoms with van der Waals surface area (Å²) < 4.78 is 24.6. The zero-order valence-corrected chi connectivity index (χ0v) is 22.3. The molecule has 4 aliphatic carbocycles. The number of aliphatic hydroxyl groups is 1. The minimum Gasteiger partial charge on any atom is -0.374 e. The number of allylic oxidation sites excluding steroid dienone is 1. The van der Waals surface area contributed by atoms with E-state index in [9.17, 15) is 13.5 Å². The molecule has 0 aliphatic heterocycles. The normalized spacial score (nSPS) is 45.1. The van der Waals surface area contributed by atoms with Gasteiger partial charge in [0.2, 0.25) is 0 Å². The third-order valence-corrected chi connectivity index (χ3v) is 12.7. The minimum absolute atomic E-state index is 0.0716. The smallest absolute Gasteiger partial charge is 0.177 e. The minimum atomic E-state index is -3.47. The summed E-state index contributed by atoms with van der Waals surface area (Å²) in [4.78, 5) is -1.56. The summed E-state index contributed by atoms with van der Waals surface area (Å²) in [6.07, 6.45) is 15.7.